The van der Waals surface area contributed by atoms with Crippen LogP contribution in [0.2, 0.25) is 0 Å². The van der Waals surface area contributed by atoms with Gasteiger partial charge < -0.3 is 4.90 Å². The van der Waals surface area contributed by atoms with Crippen LogP contribution in [0.1, 0.15) is 84.5 Å². The number of rotatable bonds is 12. The Labute approximate surface area is 122 Å². The lowest BCUT2D eigenvalue weighted by molar-refractivity contribution is 0.106. The Hall–Kier alpha value is -0.0400. The molecule has 1 nitrogen and oxygen atoms in total. The van der Waals surface area contributed by atoms with E-state index in [4.69, 9.17) is 0 Å². The van der Waals surface area contributed by atoms with Crippen molar-refractivity contribution in [3.63, 3.8) is 0 Å². The minimum Gasteiger partial charge on any atom is -0.306 e. The molecule has 0 N–H and O–H groups in total. The van der Waals surface area contributed by atoms with Crippen LogP contribution in [0.15, 0.2) is 0 Å². The first-order chi connectivity index (χ1) is 9.26. The number of hydrogen-bond donors (Lipinski definition) is 0. The molecule has 19 heavy (non-hydrogen) atoms. The van der Waals surface area contributed by atoms with Gasteiger partial charge >= 0.3 is 0 Å². The van der Waals surface area contributed by atoms with E-state index in [1.165, 1.54) is 83.7 Å². The summed E-state index contributed by atoms with van der Waals surface area (Å²) in [5, 5.41) is 0. The average molecular weight is 268 g/mol. The summed E-state index contributed by atoms with van der Waals surface area (Å²) in [5.74, 6) is 2.06. The molecule has 0 radical (unpaired) electrons. The highest BCUT2D eigenvalue weighted by Crippen LogP contribution is 2.28. The first-order valence-corrected chi connectivity index (χ1v) is 8.94. The highest BCUT2D eigenvalue weighted by atomic mass is 15.2. The van der Waals surface area contributed by atoms with Crippen LogP contribution in [-0.2, 0) is 0 Å². The molecule has 0 atom stereocenters. The zero-order chi connectivity index (χ0) is 13.9. The van der Waals surface area contributed by atoms with Crippen molar-refractivity contribution in [1.82, 2.24) is 4.90 Å². The number of likely N-dealkylation sites (tertiary alicyclic amines) is 1. The summed E-state index contributed by atoms with van der Waals surface area (Å²) in [6.07, 6.45) is 16.0. The summed E-state index contributed by atoms with van der Waals surface area (Å²) in [6, 6.07) is 0. The van der Waals surface area contributed by atoms with Crippen LogP contribution < -0.4 is 0 Å². The van der Waals surface area contributed by atoms with Crippen LogP contribution >= 0.6 is 0 Å². The smallest absolute Gasteiger partial charge is 0.00191 e. The van der Waals surface area contributed by atoms with Gasteiger partial charge in [-0.25, -0.2) is 0 Å². The topological polar surface area (TPSA) is 3.24 Å². The molecule has 0 bridgehead atoms. The minimum atomic E-state index is 1.02. The lowest BCUT2D eigenvalue weighted by Crippen LogP contribution is -2.44. The Morgan fingerprint density at radius 3 is 1.79 bits per heavy atom. The van der Waals surface area contributed by atoms with Crippen LogP contribution in [0.4, 0.5) is 0 Å². The summed E-state index contributed by atoms with van der Waals surface area (Å²) < 4.78 is 0. The van der Waals surface area contributed by atoms with Crippen LogP contribution in [-0.4, -0.2) is 25.0 Å². The normalized spacial score (nSPS) is 17.1. The monoisotopic (exact) mass is 267 g/mol. The van der Waals surface area contributed by atoms with Gasteiger partial charge in [-0.15, -0.1) is 0 Å². The zero-order valence-electron chi connectivity index (χ0n) is 13.8. The Morgan fingerprint density at radius 2 is 1.37 bits per heavy atom. The number of nitrogens with zero attached hydrogens (tertiary/aromatic N) is 1. The Balaban J connectivity index is 2.13. The Bertz CT molecular complexity index is 184. The van der Waals surface area contributed by atoms with Gasteiger partial charge in [-0.2, -0.15) is 0 Å². The third kappa shape index (κ3) is 7.97. The van der Waals surface area contributed by atoms with Crippen LogP contribution in [0, 0.1) is 11.8 Å². The van der Waals surface area contributed by atoms with E-state index in [9.17, 15) is 0 Å². The van der Waals surface area contributed by atoms with E-state index in [2.05, 4.69) is 25.8 Å². The summed E-state index contributed by atoms with van der Waals surface area (Å²) in [5.41, 5.74) is 0. The van der Waals surface area contributed by atoms with Gasteiger partial charge in [0, 0.05) is 13.1 Å². The SMILES string of the molecule is CCCCCCC(CCCCCC)CC1CN(C)C1. The van der Waals surface area contributed by atoms with Gasteiger partial charge in [0.05, 0.1) is 0 Å². The van der Waals surface area contributed by atoms with Crippen molar-refractivity contribution < 1.29 is 0 Å². The molecule has 1 aliphatic rings. The lowest BCUT2D eigenvalue weighted by Gasteiger charge is -2.38. The Kier molecular flexibility index (Phi) is 9.59. The quantitative estimate of drug-likeness (QED) is 0.422. The third-order valence-corrected chi connectivity index (χ3v) is 4.74. The molecule has 0 unspecified atom stereocenters. The largest absolute Gasteiger partial charge is 0.306 e. The predicted molar refractivity (Wildman–Crippen MR) is 86.6 cm³/mol. The maximum atomic E-state index is 2.47. The molecule has 0 saturated carbocycles. The molecule has 0 aromatic rings. The van der Waals surface area contributed by atoms with Crippen molar-refractivity contribution in [1.29, 1.82) is 0 Å². The van der Waals surface area contributed by atoms with E-state index in [1.54, 1.807) is 0 Å². The van der Waals surface area contributed by atoms with Crippen molar-refractivity contribution in [2.45, 2.75) is 84.5 Å². The second-order valence-corrected chi connectivity index (χ2v) is 6.89. The van der Waals surface area contributed by atoms with Crippen molar-refractivity contribution in [2.24, 2.45) is 11.8 Å². The molecule has 1 heteroatoms. The first kappa shape index (κ1) is 17.0. The second-order valence-electron chi connectivity index (χ2n) is 6.89. The predicted octanol–water partition coefficient (Wildman–Crippen LogP) is 5.50. The standard InChI is InChI=1S/C18H37N/c1-4-6-8-10-12-17(13-11-9-7-5-2)14-18-15-19(3)16-18/h17-18H,4-16H2,1-3H3. The molecule has 114 valence electrons. The molecule has 1 heterocycles. The number of hydrogen-bond acceptors (Lipinski definition) is 1. The zero-order valence-corrected chi connectivity index (χ0v) is 13.8. The molecular formula is C18H37N. The van der Waals surface area contributed by atoms with Gasteiger partial charge in [0.1, 0.15) is 0 Å². The fourth-order valence-corrected chi connectivity index (χ4v) is 3.55. The molecule has 0 aliphatic carbocycles. The Morgan fingerprint density at radius 1 is 0.842 bits per heavy atom. The molecule has 0 aromatic carbocycles. The lowest BCUT2D eigenvalue weighted by atomic mass is 9.83. The fraction of sp³-hybridized carbons (Fsp3) is 1.00. The first-order valence-electron chi connectivity index (χ1n) is 8.94. The van der Waals surface area contributed by atoms with Crippen LogP contribution in [0.3, 0.4) is 0 Å². The molecular weight excluding hydrogens is 230 g/mol. The van der Waals surface area contributed by atoms with Crippen molar-refractivity contribution in [3.8, 4) is 0 Å². The average Bonchev–Trinajstić information content (AvgIpc) is 2.37. The summed E-state index contributed by atoms with van der Waals surface area (Å²) in [4.78, 5) is 2.47. The van der Waals surface area contributed by atoms with E-state index in [0.29, 0.717) is 0 Å². The molecule has 0 aromatic heterocycles. The second kappa shape index (κ2) is 10.7. The molecule has 1 saturated heterocycles. The molecule has 0 spiro atoms. The molecule has 1 fully saturated rings. The molecule has 1 aliphatic heterocycles. The maximum Gasteiger partial charge on any atom is 0.00191 e. The maximum absolute atomic E-state index is 2.47. The highest BCUT2D eigenvalue weighted by Gasteiger charge is 2.25. The van der Waals surface area contributed by atoms with E-state index in [-0.39, 0.29) is 0 Å². The van der Waals surface area contributed by atoms with Gasteiger partial charge in [0.25, 0.3) is 0 Å². The third-order valence-electron chi connectivity index (χ3n) is 4.74. The van der Waals surface area contributed by atoms with Crippen LogP contribution in [0.25, 0.3) is 0 Å². The fourth-order valence-electron chi connectivity index (χ4n) is 3.55. The van der Waals surface area contributed by atoms with E-state index in [1.807, 2.05) is 0 Å². The molecule has 1 rings (SSSR count). The summed E-state index contributed by atoms with van der Waals surface area (Å²) in [7, 11) is 2.26. The number of unbranched alkanes of at least 4 members (excludes halogenated alkanes) is 6. The van der Waals surface area contributed by atoms with Gasteiger partial charge in [0.2, 0.25) is 0 Å². The van der Waals surface area contributed by atoms with Crippen LogP contribution in [0.5, 0.6) is 0 Å². The van der Waals surface area contributed by atoms with Crippen molar-refractivity contribution in [2.75, 3.05) is 20.1 Å². The van der Waals surface area contributed by atoms with Crippen molar-refractivity contribution in [3.05, 3.63) is 0 Å². The van der Waals surface area contributed by atoms with Crippen molar-refractivity contribution >= 4 is 0 Å². The summed E-state index contributed by atoms with van der Waals surface area (Å²) >= 11 is 0. The van der Waals surface area contributed by atoms with Gasteiger partial charge in [-0.1, -0.05) is 78.1 Å². The van der Waals surface area contributed by atoms with E-state index in [0.717, 1.165) is 11.8 Å². The molecule has 0 amide bonds. The van der Waals surface area contributed by atoms with Gasteiger partial charge in [-0.05, 0) is 25.3 Å². The highest BCUT2D eigenvalue weighted by molar-refractivity contribution is 4.79. The van der Waals surface area contributed by atoms with E-state index < -0.39 is 0 Å². The van der Waals surface area contributed by atoms with Gasteiger partial charge in [0.15, 0.2) is 0 Å². The minimum absolute atomic E-state index is 1.02. The van der Waals surface area contributed by atoms with Gasteiger partial charge in [-0.3, -0.25) is 0 Å². The summed E-state index contributed by atoms with van der Waals surface area (Å²) in [6.45, 7) is 7.35. The van der Waals surface area contributed by atoms with E-state index >= 15 is 0 Å².